The number of hydrogen-bond acceptors (Lipinski definition) is 4. The SMILES string of the molecule is CC[C@H](NC(=O)C1C=CC(NC(=O)OCC2c3ccccc3-c3ccccc32)C1)C(=O)O. The zero-order valence-corrected chi connectivity index (χ0v) is 17.8. The van der Waals surface area contributed by atoms with Gasteiger partial charge in [0, 0.05) is 5.92 Å². The van der Waals surface area contributed by atoms with E-state index in [1.54, 1.807) is 19.1 Å². The summed E-state index contributed by atoms with van der Waals surface area (Å²) >= 11 is 0. The molecule has 7 heteroatoms. The van der Waals surface area contributed by atoms with Crippen LogP contribution >= 0.6 is 0 Å². The number of carboxylic acid groups (broad SMARTS) is 1. The number of aliphatic carboxylic acids is 1. The van der Waals surface area contributed by atoms with Crippen LogP contribution in [0.25, 0.3) is 11.1 Å². The lowest BCUT2D eigenvalue weighted by Gasteiger charge is -2.18. The van der Waals surface area contributed by atoms with Crippen LogP contribution in [0, 0.1) is 5.92 Å². The van der Waals surface area contributed by atoms with E-state index in [0.29, 0.717) is 12.8 Å². The second-order valence-electron chi connectivity index (χ2n) is 8.11. The minimum atomic E-state index is -1.06. The first-order chi connectivity index (χ1) is 15.5. The highest BCUT2D eigenvalue weighted by Crippen LogP contribution is 2.44. The Kier molecular flexibility index (Phi) is 6.25. The van der Waals surface area contributed by atoms with Gasteiger partial charge in [0.1, 0.15) is 12.6 Å². The van der Waals surface area contributed by atoms with Crippen molar-refractivity contribution in [1.82, 2.24) is 10.6 Å². The first-order valence-electron chi connectivity index (χ1n) is 10.8. The molecule has 2 unspecified atom stereocenters. The maximum Gasteiger partial charge on any atom is 0.407 e. The first-order valence-corrected chi connectivity index (χ1v) is 10.8. The number of amides is 2. The van der Waals surface area contributed by atoms with E-state index in [9.17, 15) is 14.4 Å². The third kappa shape index (κ3) is 4.37. The highest BCUT2D eigenvalue weighted by molar-refractivity contribution is 5.86. The summed E-state index contributed by atoms with van der Waals surface area (Å²) in [7, 11) is 0. The predicted molar refractivity (Wildman–Crippen MR) is 119 cm³/mol. The Morgan fingerprint density at radius 1 is 1.03 bits per heavy atom. The van der Waals surface area contributed by atoms with Crippen molar-refractivity contribution in [2.24, 2.45) is 5.92 Å². The number of fused-ring (bicyclic) bond motifs is 3. The van der Waals surface area contributed by atoms with Crippen molar-refractivity contribution in [2.75, 3.05) is 6.61 Å². The van der Waals surface area contributed by atoms with E-state index >= 15 is 0 Å². The molecule has 3 N–H and O–H groups in total. The average molecular weight is 434 g/mol. The largest absolute Gasteiger partial charge is 0.480 e. The molecule has 3 atom stereocenters. The maximum atomic E-state index is 12.4. The van der Waals surface area contributed by atoms with Crippen LogP contribution in [0.15, 0.2) is 60.7 Å². The summed E-state index contributed by atoms with van der Waals surface area (Å²) in [5.41, 5.74) is 4.61. The maximum absolute atomic E-state index is 12.4. The molecule has 166 valence electrons. The van der Waals surface area contributed by atoms with Crippen molar-refractivity contribution in [2.45, 2.75) is 37.8 Å². The molecule has 2 aliphatic rings. The number of carbonyl (C=O) groups is 3. The lowest BCUT2D eigenvalue weighted by atomic mass is 9.98. The molecule has 2 aromatic rings. The fourth-order valence-corrected chi connectivity index (χ4v) is 4.41. The number of alkyl carbamates (subject to hydrolysis) is 1. The Balaban J connectivity index is 1.31. The molecular formula is C25H26N2O5. The number of rotatable bonds is 7. The number of hydrogen-bond donors (Lipinski definition) is 3. The van der Waals surface area contributed by atoms with Gasteiger partial charge in [-0.25, -0.2) is 9.59 Å². The monoisotopic (exact) mass is 434 g/mol. The van der Waals surface area contributed by atoms with Crippen LogP contribution in [0.4, 0.5) is 4.79 Å². The predicted octanol–water partition coefficient (Wildman–Crippen LogP) is 3.45. The van der Waals surface area contributed by atoms with Gasteiger partial charge in [-0.15, -0.1) is 0 Å². The Labute approximate surface area is 186 Å². The molecule has 2 amide bonds. The number of carboxylic acids is 1. The zero-order valence-electron chi connectivity index (χ0n) is 17.8. The Bertz CT molecular complexity index is 1020. The van der Waals surface area contributed by atoms with E-state index in [4.69, 9.17) is 9.84 Å². The van der Waals surface area contributed by atoms with Crippen molar-refractivity contribution < 1.29 is 24.2 Å². The zero-order chi connectivity index (χ0) is 22.7. The number of benzene rings is 2. The number of ether oxygens (including phenoxy) is 1. The quantitative estimate of drug-likeness (QED) is 0.579. The summed E-state index contributed by atoms with van der Waals surface area (Å²) in [5.74, 6) is -1.92. The van der Waals surface area contributed by atoms with Gasteiger partial charge in [-0.05, 0) is 35.1 Å². The summed E-state index contributed by atoms with van der Waals surface area (Å²) in [4.78, 5) is 35.9. The van der Waals surface area contributed by atoms with Crippen LogP contribution in [0.2, 0.25) is 0 Å². The second-order valence-corrected chi connectivity index (χ2v) is 8.11. The van der Waals surface area contributed by atoms with Crippen molar-refractivity contribution in [1.29, 1.82) is 0 Å². The van der Waals surface area contributed by atoms with Crippen LogP contribution in [0.5, 0.6) is 0 Å². The van der Waals surface area contributed by atoms with Gasteiger partial charge in [-0.1, -0.05) is 67.6 Å². The Hall–Kier alpha value is -3.61. The highest BCUT2D eigenvalue weighted by Gasteiger charge is 2.31. The lowest BCUT2D eigenvalue weighted by Crippen LogP contribution is -2.43. The molecule has 4 rings (SSSR count). The summed E-state index contributed by atoms with van der Waals surface area (Å²) in [6, 6.07) is 15.0. The van der Waals surface area contributed by atoms with Gasteiger partial charge in [0.25, 0.3) is 0 Å². The van der Waals surface area contributed by atoms with E-state index in [-0.39, 0.29) is 24.5 Å². The summed E-state index contributed by atoms with van der Waals surface area (Å²) < 4.78 is 5.55. The summed E-state index contributed by atoms with van der Waals surface area (Å²) in [6.45, 7) is 1.92. The standard InChI is InChI=1S/C25H26N2O5/c1-2-22(24(29)30)27-23(28)15-11-12-16(13-15)26-25(31)32-14-21-19-9-5-3-7-17(19)18-8-4-6-10-20(18)21/h3-12,15-16,21-22H,2,13-14H2,1H3,(H,26,31)(H,27,28)(H,29,30)/t15?,16?,22-/m0/s1. The third-order valence-corrected chi connectivity index (χ3v) is 6.09. The molecule has 2 aliphatic carbocycles. The molecule has 0 bridgehead atoms. The number of nitrogens with one attached hydrogen (secondary N) is 2. The van der Waals surface area contributed by atoms with Gasteiger partial charge >= 0.3 is 12.1 Å². The fourth-order valence-electron chi connectivity index (χ4n) is 4.41. The first kappa shape index (κ1) is 21.6. The van der Waals surface area contributed by atoms with Gasteiger partial charge in [0.2, 0.25) is 5.91 Å². The molecule has 0 aliphatic heterocycles. The van der Waals surface area contributed by atoms with E-state index in [1.807, 2.05) is 24.3 Å². The van der Waals surface area contributed by atoms with Crippen LogP contribution in [0.3, 0.4) is 0 Å². The molecule has 2 aromatic carbocycles. The lowest BCUT2D eigenvalue weighted by molar-refractivity contribution is -0.142. The molecule has 32 heavy (non-hydrogen) atoms. The van der Waals surface area contributed by atoms with Crippen LogP contribution in [-0.2, 0) is 14.3 Å². The summed E-state index contributed by atoms with van der Waals surface area (Å²) in [5, 5.41) is 14.4. The molecule has 0 heterocycles. The minimum Gasteiger partial charge on any atom is -0.480 e. The van der Waals surface area contributed by atoms with Gasteiger partial charge in [0.05, 0.1) is 12.0 Å². The molecule has 7 nitrogen and oxygen atoms in total. The van der Waals surface area contributed by atoms with Crippen LogP contribution in [0.1, 0.15) is 36.8 Å². The van der Waals surface area contributed by atoms with E-state index < -0.39 is 24.0 Å². The van der Waals surface area contributed by atoms with Crippen molar-refractivity contribution in [3.05, 3.63) is 71.8 Å². The second kappa shape index (κ2) is 9.26. The third-order valence-electron chi connectivity index (χ3n) is 6.09. The van der Waals surface area contributed by atoms with Crippen LogP contribution < -0.4 is 10.6 Å². The van der Waals surface area contributed by atoms with Crippen LogP contribution in [-0.4, -0.2) is 41.8 Å². The van der Waals surface area contributed by atoms with E-state index in [2.05, 4.69) is 34.9 Å². The smallest absolute Gasteiger partial charge is 0.407 e. The molecule has 0 saturated carbocycles. The molecule has 0 radical (unpaired) electrons. The normalized spacial score (nSPS) is 19.7. The van der Waals surface area contributed by atoms with Gasteiger partial charge < -0.3 is 20.5 Å². The Morgan fingerprint density at radius 2 is 1.66 bits per heavy atom. The molecule has 0 aromatic heterocycles. The molecule has 0 fully saturated rings. The molecular weight excluding hydrogens is 408 g/mol. The molecule has 0 saturated heterocycles. The van der Waals surface area contributed by atoms with E-state index in [0.717, 1.165) is 22.3 Å². The van der Waals surface area contributed by atoms with Crippen molar-refractivity contribution in [3.8, 4) is 11.1 Å². The average Bonchev–Trinajstić information content (AvgIpc) is 3.38. The highest BCUT2D eigenvalue weighted by atomic mass is 16.5. The Morgan fingerprint density at radius 3 is 2.25 bits per heavy atom. The number of carbonyl (C=O) groups excluding carboxylic acids is 2. The van der Waals surface area contributed by atoms with Gasteiger partial charge in [-0.3, -0.25) is 4.79 Å². The molecule has 0 spiro atoms. The van der Waals surface area contributed by atoms with Gasteiger partial charge in [0.15, 0.2) is 0 Å². The minimum absolute atomic E-state index is 0.0206. The summed E-state index contributed by atoms with van der Waals surface area (Å²) in [6.07, 6.45) is 3.57. The van der Waals surface area contributed by atoms with Gasteiger partial charge in [-0.2, -0.15) is 0 Å². The van der Waals surface area contributed by atoms with Crippen molar-refractivity contribution >= 4 is 18.0 Å². The topological polar surface area (TPSA) is 105 Å². The van der Waals surface area contributed by atoms with E-state index in [1.165, 1.54) is 0 Å². The fraction of sp³-hybridized carbons (Fsp3) is 0.320. The van der Waals surface area contributed by atoms with Crippen molar-refractivity contribution in [3.63, 3.8) is 0 Å².